The van der Waals surface area contributed by atoms with Crippen LogP contribution in [0.1, 0.15) is 0 Å². The minimum atomic E-state index is -1.83. The van der Waals surface area contributed by atoms with Crippen molar-refractivity contribution in [1.29, 1.82) is 0 Å². The van der Waals surface area contributed by atoms with Gasteiger partial charge in [-0.1, -0.05) is 141 Å². The molecule has 0 heterocycles. The second-order valence-electron chi connectivity index (χ2n) is 11.4. The summed E-state index contributed by atoms with van der Waals surface area (Å²) in [6, 6.07) is 79.9. The first-order chi connectivity index (χ1) is 23.7. The zero-order valence-corrected chi connectivity index (χ0v) is 30.9. The van der Waals surface area contributed by atoms with Crippen LogP contribution in [-0.2, 0) is 19.5 Å². The molecule has 0 aromatic heterocycles. The van der Waals surface area contributed by atoms with E-state index in [2.05, 4.69) is 206 Å². The van der Waals surface area contributed by atoms with Crippen molar-refractivity contribution in [2.24, 2.45) is 0 Å². The first kappa shape index (κ1) is 35.8. The van der Waals surface area contributed by atoms with Crippen LogP contribution >= 0.6 is 14.8 Å². The molecule has 2 aliphatic rings. The summed E-state index contributed by atoms with van der Waals surface area (Å²) < 4.78 is 0. The fourth-order valence-electron chi connectivity index (χ4n) is 5.80. The molecule has 49 heavy (non-hydrogen) atoms. The molecule has 0 aliphatic heterocycles. The Kier molecular flexibility index (Phi) is 13.4. The van der Waals surface area contributed by atoms with Crippen molar-refractivity contribution in [2.45, 2.75) is 0 Å². The van der Waals surface area contributed by atoms with Crippen molar-refractivity contribution in [3.8, 4) is 11.1 Å². The number of hydrogen-bond acceptors (Lipinski definition) is 0. The van der Waals surface area contributed by atoms with E-state index in [1.807, 2.05) is 24.3 Å². The molecule has 8 rings (SSSR count). The van der Waals surface area contributed by atoms with Crippen molar-refractivity contribution < 1.29 is 19.5 Å². The molecule has 0 saturated carbocycles. The zero-order chi connectivity index (χ0) is 32.9. The molecule has 0 unspecified atom stereocenters. The molecule has 2 aliphatic carbocycles. The number of fused-ring (bicyclic) bond motifs is 1. The summed E-state index contributed by atoms with van der Waals surface area (Å²) in [4.78, 5) is 0. The van der Waals surface area contributed by atoms with Crippen molar-refractivity contribution in [3.05, 3.63) is 224 Å². The van der Waals surface area contributed by atoms with Crippen LogP contribution < -0.4 is 31.8 Å². The Morgan fingerprint density at radius 2 is 0.878 bits per heavy atom. The van der Waals surface area contributed by atoms with Crippen LogP contribution in [-0.4, -0.2) is 6.30 Å². The summed E-state index contributed by atoms with van der Waals surface area (Å²) in [5.74, 6) is 0. The van der Waals surface area contributed by atoms with Crippen LogP contribution in [0.3, 0.4) is 0 Å². The topological polar surface area (TPSA) is 0 Å². The Bertz CT molecular complexity index is 1850. The first-order valence-corrected chi connectivity index (χ1v) is 19.7. The predicted molar refractivity (Wildman–Crippen MR) is 216 cm³/mol. The van der Waals surface area contributed by atoms with E-state index >= 15 is 0 Å². The predicted octanol–water partition coefficient (Wildman–Crippen LogP) is 8.90. The maximum atomic E-state index is 4.66. The number of rotatable bonds is 6. The van der Waals surface area contributed by atoms with Gasteiger partial charge in [0.1, 0.15) is 15.9 Å². The van der Waals surface area contributed by atoms with Gasteiger partial charge in [0.15, 0.2) is 0 Å². The third kappa shape index (κ3) is 9.15. The average Bonchev–Trinajstić information content (AvgIpc) is 3.67. The van der Waals surface area contributed by atoms with Gasteiger partial charge in [0, 0.05) is 19.5 Å². The van der Waals surface area contributed by atoms with E-state index in [9.17, 15) is 0 Å². The molecule has 242 valence electrons. The summed E-state index contributed by atoms with van der Waals surface area (Å²) in [6.07, 6.45) is 4.66. The van der Waals surface area contributed by atoms with E-state index in [4.69, 9.17) is 0 Å². The molecule has 0 radical (unpaired) electrons. The normalized spacial score (nSPS) is 10.6. The Hall–Kier alpha value is -4.50. The molecule has 0 atom stereocenters. The van der Waals surface area contributed by atoms with E-state index in [0.717, 1.165) is 0 Å². The molecule has 0 N–H and O–H groups in total. The van der Waals surface area contributed by atoms with Crippen LogP contribution in [0, 0.1) is 6.07 Å². The van der Waals surface area contributed by atoms with Crippen LogP contribution in [0.4, 0.5) is 0 Å². The molecule has 0 saturated heterocycles. The third-order valence-electron chi connectivity index (χ3n) is 8.23. The third-order valence-corrected chi connectivity index (χ3v) is 14.4. The maximum Gasteiger partial charge on any atom is 0.102 e. The Morgan fingerprint density at radius 3 is 1.31 bits per heavy atom. The molecular weight excluding hydrogens is 716 g/mol. The fraction of sp³-hybridized carbons (Fsp3) is 0. The van der Waals surface area contributed by atoms with Gasteiger partial charge >= 0.3 is 0 Å². The molecule has 0 fully saturated rings. The monoisotopic (exact) mass is 755 g/mol. The van der Waals surface area contributed by atoms with Gasteiger partial charge in [0.05, 0.1) is 7.92 Å². The summed E-state index contributed by atoms with van der Waals surface area (Å²) >= 11 is 0. The van der Waals surface area contributed by atoms with Gasteiger partial charge in [-0.15, -0.1) is 22.5 Å². The molecule has 0 bridgehead atoms. The Morgan fingerprint density at radius 1 is 0.449 bits per heavy atom. The minimum absolute atomic E-state index is 0. The van der Waals surface area contributed by atoms with Gasteiger partial charge in [0.2, 0.25) is 0 Å². The van der Waals surface area contributed by atoms with E-state index in [1.54, 1.807) is 0 Å². The Balaban J connectivity index is 0.000000151. The number of benzene rings is 7. The molecule has 6 aromatic carbocycles. The number of hydrogen-bond donors (Lipinski definition) is 0. The summed E-state index contributed by atoms with van der Waals surface area (Å²) in [5, 5.41) is 8.07. The van der Waals surface area contributed by atoms with Crippen molar-refractivity contribution >= 4 is 52.9 Å². The molecular formula is C46H39P2Ru-. The average molecular weight is 755 g/mol. The van der Waals surface area contributed by atoms with Gasteiger partial charge in [0.25, 0.3) is 0 Å². The zero-order valence-electron chi connectivity index (χ0n) is 27.3. The largest absolute Gasteiger partial charge is 0.176 e. The van der Waals surface area contributed by atoms with Crippen molar-refractivity contribution in [3.63, 3.8) is 0 Å². The van der Waals surface area contributed by atoms with Crippen LogP contribution in [0.15, 0.2) is 218 Å². The molecule has 3 heteroatoms. The quantitative estimate of drug-likeness (QED) is 0.0905. The summed E-state index contributed by atoms with van der Waals surface area (Å²) in [5.41, 5.74) is 2.66. The van der Waals surface area contributed by atoms with Crippen LogP contribution in [0.25, 0.3) is 11.1 Å². The molecule has 6 aromatic rings. The first-order valence-electron chi connectivity index (χ1n) is 16.2. The van der Waals surface area contributed by atoms with Crippen LogP contribution in [0.2, 0.25) is 0 Å². The van der Waals surface area contributed by atoms with Gasteiger partial charge < -0.3 is 0 Å². The van der Waals surface area contributed by atoms with Gasteiger partial charge in [-0.05, 0) is 47.0 Å². The van der Waals surface area contributed by atoms with E-state index in [-0.39, 0.29) is 19.5 Å². The fourth-order valence-corrected chi connectivity index (χ4v) is 11.2. The standard InChI is InChI=1S/C19H16P.C18H15P.C9H7.Ru/c1-20(17-11-5-2-6-12-17,18-13-7-3-8-14-18)19-15-9-4-10-16-19;1-4-10-16(11-5-1)19(17-12-6-2-7-13-17)18-14-8-3-9-15-18;1-2-5-9-7-3-6-8(9)4-1;/h2-15H,1H2;1-15H;1-7H;/q-1;;-1;/p+1. The van der Waals surface area contributed by atoms with E-state index < -0.39 is 14.8 Å². The van der Waals surface area contributed by atoms with E-state index in [0.29, 0.717) is 0 Å². The van der Waals surface area contributed by atoms with Gasteiger partial charge in [-0.2, -0.15) is 54.6 Å². The minimum Gasteiger partial charge on any atom is -0.176 e. The summed E-state index contributed by atoms with van der Waals surface area (Å²) in [6.45, 7) is -1.83. The van der Waals surface area contributed by atoms with Crippen molar-refractivity contribution in [1.82, 2.24) is 0 Å². The Labute approximate surface area is 306 Å². The molecule has 0 amide bonds. The smallest absolute Gasteiger partial charge is 0.102 e. The maximum absolute atomic E-state index is 4.66. The SMILES string of the molecule is C=P(c1[c-]cccc1)(c1ccccc1)c1ccccc1.[Ru].c1cc2cc[cH-]cc-2c1.c1ccc([PH+](c2ccccc2)c2ccccc2)cc1. The second kappa shape index (κ2) is 18.3. The van der Waals surface area contributed by atoms with Crippen molar-refractivity contribution in [2.75, 3.05) is 0 Å². The molecule has 0 spiro atoms. The second-order valence-corrected chi connectivity index (χ2v) is 17.0. The summed E-state index contributed by atoms with van der Waals surface area (Å²) in [7, 11) is -0.877. The van der Waals surface area contributed by atoms with Crippen LogP contribution in [0.5, 0.6) is 0 Å². The molecule has 0 nitrogen and oxygen atoms in total. The van der Waals surface area contributed by atoms with Gasteiger partial charge in [-0.3, -0.25) is 0 Å². The van der Waals surface area contributed by atoms with E-state index in [1.165, 1.54) is 43.0 Å². The van der Waals surface area contributed by atoms with Gasteiger partial charge in [-0.25, -0.2) is 0 Å².